The van der Waals surface area contributed by atoms with Crippen molar-refractivity contribution in [2.45, 2.75) is 18.2 Å². The molecule has 24 heavy (non-hydrogen) atoms. The van der Waals surface area contributed by atoms with E-state index in [1.165, 1.54) is 4.31 Å². The van der Waals surface area contributed by atoms with Crippen molar-refractivity contribution in [3.63, 3.8) is 0 Å². The number of H-pyrrole nitrogens is 1. The van der Waals surface area contributed by atoms with E-state index in [2.05, 4.69) is 4.98 Å². The van der Waals surface area contributed by atoms with E-state index in [4.69, 9.17) is 0 Å². The van der Waals surface area contributed by atoms with Crippen LogP contribution >= 0.6 is 0 Å². The van der Waals surface area contributed by atoms with E-state index in [9.17, 15) is 13.2 Å². The van der Waals surface area contributed by atoms with Crippen LogP contribution in [0, 0.1) is 6.92 Å². The molecule has 1 aromatic carbocycles. The Morgan fingerprint density at radius 1 is 1.12 bits per heavy atom. The number of aryl methyl sites for hydroxylation is 1. The third-order valence-electron chi connectivity index (χ3n) is 4.21. The normalized spacial score (nSPS) is 16.8. The molecule has 1 saturated heterocycles. The number of carbonyl (C=O) groups excluding carboxylic acids is 1. The van der Waals surface area contributed by atoms with Crippen molar-refractivity contribution in [1.82, 2.24) is 14.2 Å². The predicted molar refractivity (Wildman–Crippen MR) is 91.3 cm³/mol. The summed E-state index contributed by atoms with van der Waals surface area (Å²) in [5.41, 5.74) is 1.51. The van der Waals surface area contributed by atoms with E-state index in [-0.39, 0.29) is 5.91 Å². The van der Waals surface area contributed by atoms with Gasteiger partial charge in [0.1, 0.15) is 0 Å². The monoisotopic (exact) mass is 347 g/mol. The molecule has 0 bridgehead atoms. The van der Waals surface area contributed by atoms with Gasteiger partial charge in [-0.25, -0.2) is 8.42 Å². The number of benzene rings is 1. The minimum absolute atomic E-state index is 0.0638. The molecule has 2 heterocycles. The number of carbonyl (C=O) groups is 1. The molecule has 0 atom stereocenters. The van der Waals surface area contributed by atoms with Crippen molar-refractivity contribution >= 4 is 15.9 Å². The summed E-state index contributed by atoms with van der Waals surface area (Å²) in [6.07, 6.45) is 4.00. The van der Waals surface area contributed by atoms with Crippen LogP contribution in [0.3, 0.4) is 0 Å². The molecule has 128 valence electrons. The zero-order valence-electron chi connectivity index (χ0n) is 13.6. The number of hydrogen-bond donors (Lipinski definition) is 1. The smallest absolute Gasteiger partial charge is 0.255 e. The van der Waals surface area contributed by atoms with E-state index in [0.717, 1.165) is 5.56 Å². The van der Waals surface area contributed by atoms with Crippen LogP contribution in [0.1, 0.15) is 22.3 Å². The first-order valence-corrected chi connectivity index (χ1v) is 9.41. The number of nitrogens with one attached hydrogen (secondary N) is 1. The zero-order chi connectivity index (χ0) is 17.2. The van der Waals surface area contributed by atoms with Crippen molar-refractivity contribution in [3.05, 3.63) is 53.9 Å². The van der Waals surface area contributed by atoms with E-state index < -0.39 is 10.0 Å². The van der Waals surface area contributed by atoms with Crippen molar-refractivity contribution in [2.75, 3.05) is 26.2 Å². The fraction of sp³-hybridized carbons (Fsp3) is 0.353. The summed E-state index contributed by atoms with van der Waals surface area (Å²) in [5, 5.41) is 0. The van der Waals surface area contributed by atoms with Crippen LogP contribution in [0.25, 0.3) is 0 Å². The Morgan fingerprint density at radius 2 is 1.96 bits per heavy atom. The molecule has 0 radical (unpaired) electrons. The molecule has 7 heteroatoms. The Labute approximate surface area is 142 Å². The molecule has 0 unspecified atom stereocenters. The van der Waals surface area contributed by atoms with Crippen LogP contribution in [-0.2, 0) is 10.0 Å². The maximum Gasteiger partial charge on any atom is 0.255 e. The van der Waals surface area contributed by atoms with Gasteiger partial charge in [0.2, 0.25) is 10.0 Å². The molecular weight excluding hydrogens is 326 g/mol. The van der Waals surface area contributed by atoms with Crippen LogP contribution in [0.2, 0.25) is 0 Å². The van der Waals surface area contributed by atoms with Gasteiger partial charge in [-0.2, -0.15) is 4.31 Å². The number of aromatic amines is 1. The zero-order valence-corrected chi connectivity index (χ0v) is 14.4. The summed E-state index contributed by atoms with van der Waals surface area (Å²) < 4.78 is 27.1. The summed E-state index contributed by atoms with van der Waals surface area (Å²) >= 11 is 0. The average Bonchev–Trinajstić information content (AvgIpc) is 2.98. The standard InChI is InChI=1S/C17H21N3O3S/c1-14-4-2-5-16(12-14)24(22,23)20-9-3-8-19(10-11-20)17(21)15-6-7-18-13-15/h2,4-7,12-13,18H,3,8-11H2,1H3. The highest BCUT2D eigenvalue weighted by Gasteiger charge is 2.28. The van der Waals surface area contributed by atoms with Gasteiger partial charge in [0.15, 0.2) is 0 Å². The van der Waals surface area contributed by atoms with Crippen molar-refractivity contribution < 1.29 is 13.2 Å². The summed E-state index contributed by atoms with van der Waals surface area (Å²) in [6.45, 7) is 3.57. The minimum atomic E-state index is -3.52. The van der Waals surface area contributed by atoms with E-state index >= 15 is 0 Å². The molecule has 1 aliphatic heterocycles. The van der Waals surface area contributed by atoms with Gasteiger partial charge in [-0.15, -0.1) is 0 Å². The fourth-order valence-corrected chi connectivity index (χ4v) is 4.48. The predicted octanol–water partition coefficient (Wildman–Crippen LogP) is 1.86. The maximum absolute atomic E-state index is 12.8. The van der Waals surface area contributed by atoms with Crippen molar-refractivity contribution in [1.29, 1.82) is 0 Å². The second-order valence-corrected chi connectivity index (χ2v) is 7.90. The van der Waals surface area contributed by atoms with Crippen molar-refractivity contribution in [2.24, 2.45) is 0 Å². The van der Waals surface area contributed by atoms with Gasteiger partial charge >= 0.3 is 0 Å². The number of nitrogens with zero attached hydrogens (tertiary/aromatic N) is 2. The van der Waals surface area contributed by atoms with Gasteiger partial charge in [0.05, 0.1) is 10.5 Å². The van der Waals surface area contributed by atoms with Crippen LogP contribution in [0.5, 0.6) is 0 Å². The Morgan fingerprint density at radius 3 is 2.67 bits per heavy atom. The third-order valence-corrected chi connectivity index (χ3v) is 6.11. The van der Waals surface area contributed by atoms with E-state index in [1.807, 2.05) is 13.0 Å². The van der Waals surface area contributed by atoms with Crippen molar-refractivity contribution in [3.8, 4) is 0 Å². The Balaban J connectivity index is 1.74. The molecule has 0 aliphatic carbocycles. The number of sulfonamides is 1. The molecule has 1 aliphatic rings. The Kier molecular flexibility index (Phi) is 4.73. The van der Waals surface area contributed by atoms with Gasteiger partial charge in [-0.3, -0.25) is 4.79 Å². The largest absolute Gasteiger partial charge is 0.367 e. The highest BCUT2D eigenvalue weighted by atomic mass is 32.2. The maximum atomic E-state index is 12.8. The summed E-state index contributed by atoms with van der Waals surface area (Å²) in [4.78, 5) is 17.3. The molecule has 0 saturated carbocycles. The molecule has 0 spiro atoms. The molecule has 1 amide bonds. The molecule has 1 N–H and O–H groups in total. The molecule has 3 rings (SSSR count). The van der Waals surface area contributed by atoms with Gasteiger partial charge in [0.25, 0.3) is 5.91 Å². The topological polar surface area (TPSA) is 73.5 Å². The SMILES string of the molecule is Cc1cccc(S(=O)(=O)N2CCCN(C(=O)c3cc[nH]c3)CC2)c1. The lowest BCUT2D eigenvalue weighted by atomic mass is 10.2. The van der Waals surface area contributed by atoms with E-state index in [0.29, 0.717) is 43.1 Å². The number of amides is 1. The van der Waals surface area contributed by atoms with Gasteiger partial charge in [-0.1, -0.05) is 12.1 Å². The number of hydrogen-bond acceptors (Lipinski definition) is 3. The third kappa shape index (κ3) is 3.37. The highest BCUT2D eigenvalue weighted by Crippen LogP contribution is 2.19. The summed E-state index contributed by atoms with van der Waals surface area (Å²) in [7, 11) is -3.52. The number of rotatable bonds is 3. The number of aromatic nitrogens is 1. The lowest BCUT2D eigenvalue weighted by Crippen LogP contribution is -2.37. The summed E-state index contributed by atoms with van der Waals surface area (Å²) in [5.74, 6) is -0.0638. The van der Waals surface area contributed by atoms with Crippen LogP contribution in [0.15, 0.2) is 47.6 Å². The van der Waals surface area contributed by atoms with Crippen LogP contribution < -0.4 is 0 Å². The lowest BCUT2D eigenvalue weighted by Gasteiger charge is -2.22. The molecule has 1 fully saturated rings. The van der Waals surface area contributed by atoms with Crippen LogP contribution in [0.4, 0.5) is 0 Å². The Bertz CT molecular complexity index is 815. The second kappa shape index (κ2) is 6.78. The van der Waals surface area contributed by atoms with E-state index in [1.54, 1.807) is 41.6 Å². The summed E-state index contributed by atoms with van der Waals surface area (Å²) in [6, 6.07) is 8.66. The second-order valence-electron chi connectivity index (χ2n) is 5.97. The highest BCUT2D eigenvalue weighted by molar-refractivity contribution is 7.89. The minimum Gasteiger partial charge on any atom is -0.367 e. The van der Waals surface area contributed by atoms with Gasteiger partial charge in [0, 0.05) is 38.6 Å². The molecular formula is C17H21N3O3S. The average molecular weight is 347 g/mol. The fourth-order valence-electron chi connectivity index (χ4n) is 2.90. The first-order valence-electron chi connectivity index (χ1n) is 7.97. The Hall–Kier alpha value is -2.12. The quantitative estimate of drug-likeness (QED) is 0.921. The molecule has 1 aromatic heterocycles. The van der Waals surface area contributed by atoms with Gasteiger partial charge in [-0.05, 0) is 37.1 Å². The first-order chi connectivity index (χ1) is 11.5. The van der Waals surface area contributed by atoms with Gasteiger partial charge < -0.3 is 9.88 Å². The first kappa shape index (κ1) is 16.7. The van der Waals surface area contributed by atoms with Crippen LogP contribution in [-0.4, -0.2) is 54.7 Å². The lowest BCUT2D eigenvalue weighted by molar-refractivity contribution is 0.0764. The molecule has 6 nitrogen and oxygen atoms in total. The molecule has 2 aromatic rings.